The molecule has 1 aromatic heterocycles. The van der Waals surface area contributed by atoms with E-state index in [1.807, 2.05) is 0 Å². The molecule has 0 saturated heterocycles. The molecule has 0 aliphatic rings. The molecule has 0 aliphatic carbocycles. The number of esters is 1. The molecule has 1 atom stereocenters. The molecule has 2 N–H and O–H groups in total. The molecule has 0 radical (unpaired) electrons. The van der Waals surface area contributed by atoms with Gasteiger partial charge >= 0.3 is 5.97 Å². The van der Waals surface area contributed by atoms with Crippen molar-refractivity contribution in [3.63, 3.8) is 0 Å². The summed E-state index contributed by atoms with van der Waals surface area (Å²) in [5, 5.41) is 3.52. The van der Waals surface area contributed by atoms with E-state index >= 15 is 0 Å². The Morgan fingerprint density at radius 3 is 2.94 bits per heavy atom. The normalized spacial score (nSPS) is 12.4. The second-order valence-corrected chi connectivity index (χ2v) is 3.43. The maximum atomic E-state index is 11.2. The van der Waals surface area contributed by atoms with Crippen molar-refractivity contribution in [2.24, 2.45) is 5.73 Å². The van der Waals surface area contributed by atoms with Crippen molar-refractivity contribution >= 4 is 5.97 Å². The predicted octanol–water partition coefficient (Wildman–Crippen LogP) is 1.44. The fourth-order valence-electron chi connectivity index (χ4n) is 1.21. The summed E-state index contributed by atoms with van der Waals surface area (Å²) in [4.78, 5) is 15.2. The zero-order chi connectivity index (χ0) is 12.0. The number of nitrogens with zero attached hydrogens (tertiary/aromatic N) is 2. The van der Waals surface area contributed by atoms with Gasteiger partial charge in [0.25, 0.3) is 5.82 Å². The van der Waals surface area contributed by atoms with Crippen molar-refractivity contribution in [1.29, 1.82) is 0 Å². The number of aromatic nitrogens is 2. The first-order chi connectivity index (χ1) is 7.69. The van der Waals surface area contributed by atoms with Gasteiger partial charge < -0.3 is 15.0 Å². The molecule has 0 fully saturated rings. The fraction of sp³-hybridized carbons (Fsp3) is 0.700. The molecule has 0 aromatic carbocycles. The third-order valence-corrected chi connectivity index (χ3v) is 2.09. The van der Waals surface area contributed by atoms with Gasteiger partial charge in [0.15, 0.2) is 0 Å². The van der Waals surface area contributed by atoms with Crippen LogP contribution in [0.4, 0.5) is 0 Å². The zero-order valence-corrected chi connectivity index (χ0v) is 9.60. The van der Waals surface area contributed by atoms with Crippen molar-refractivity contribution in [3.05, 3.63) is 11.7 Å². The molecule has 0 amide bonds. The summed E-state index contributed by atoms with van der Waals surface area (Å²) in [6, 6.07) is -0.310. The van der Waals surface area contributed by atoms with Crippen LogP contribution in [0.1, 0.15) is 55.7 Å². The fourth-order valence-corrected chi connectivity index (χ4v) is 1.21. The lowest BCUT2D eigenvalue weighted by Crippen LogP contribution is -2.11. The van der Waals surface area contributed by atoms with Gasteiger partial charge in [0.05, 0.1) is 12.6 Å². The number of carbonyl (C=O) groups excluding carboxylic acids is 1. The smallest absolute Gasteiger partial charge is 0.379 e. The Morgan fingerprint density at radius 2 is 2.31 bits per heavy atom. The second-order valence-electron chi connectivity index (χ2n) is 3.43. The Morgan fingerprint density at radius 1 is 1.56 bits per heavy atom. The summed E-state index contributed by atoms with van der Waals surface area (Å²) < 4.78 is 9.64. The zero-order valence-electron chi connectivity index (χ0n) is 9.60. The molecule has 0 saturated carbocycles. The first-order valence-electron chi connectivity index (χ1n) is 5.45. The summed E-state index contributed by atoms with van der Waals surface area (Å²) in [5.41, 5.74) is 5.82. The van der Waals surface area contributed by atoms with Crippen LogP contribution in [0.2, 0.25) is 0 Å². The highest BCUT2D eigenvalue weighted by molar-refractivity contribution is 5.84. The third-order valence-electron chi connectivity index (χ3n) is 2.09. The highest BCUT2D eigenvalue weighted by atomic mass is 16.5. The molecule has 0 bridgehead atoms. The van der Waals surface area contributed by atoms with Crippen LogP contribution in [0.5, 0.6) is 0 Å². The number of unbranched alkanes of at least 4 members (excludes halogenated alkanes) is 1. The molecule has 6 heteroatoms. The monoisotopic (exact) mass is 227 g/mol. The van der Waals surface area contributed by atoms with E-state index in [0.717, 1.165) is 19.3 Å². The minimum absolute atomic E-state index is 0.0659. The van der Waals surface area contributed by atoms with Gasteiger partial charge in [-0.1, -0.05) is 19.8 Å². The molecule has 6 nitrogen and oxygen atoms in total. The number of hydrogen-bond acceptors (Lipinski definition) is 6. The van der Waals surface area contributed by atoms with Gasteiger partial charge in [-0.05, 0) is 18.5 Å². The van der Waals surface area contributed by atoms with Gasteiger partial charge in [-0.15, -0.1) is 0 Å². The van der Waals surface area contributed by atoms with Crippen molar-refractivity contribution in [2.75, 3.05) is 6.61 Å². The lowest BCUT2D eigenvalue weighted by atomic mass is 10.1. The molecule has 1 aromatic rings. The molecule has 16 heavy (non-hydrogen) atoms. The van der Waals surface area contributed by atoms with E-state index in [1.165, 1.54) is 0 Å². The topological polar surface area (TPSA) is 91.2 Å². The number of carbonyl (C=O) groups is 1. The Balaban J connectivity index is 2.59. The molecule has 1 rings (SSSR count). The maximum Gasteiger partial charge on any atom is 0.379 e. The highest BCUT2D eigenvalue weighted by Crippen LogP contribution is 2.14. The average molecular weight is 227 g/mol. The molecule has 90 valence electrons. The second kappa shape index (κ2) is 6.22. The van der Waals surface area contributed by atoms with Gasteiger partial charge in [0.1, 0.15) is 0 Å². The van der Waals surface area contributed by atoms with E-state index in [4.69, 9.17) is 15.0 Å². The quantitative estimate of drug-likeness (QED) is 0.739. The van der Waals surface area contributed by atoms with Crippen LogP contribution in [0.3, 0.4) is 0 Å². The summed E-state index contributed by atoms with van der Waals surface area (Å²) in [6.45, 7) is 4.07. The number of rotatable bonds is 6. The average Bonchev–Trinajstić information content (AvgIpc) is 2.75. The summed E-state index contributed by atoms with van der Waals surface area (Å²) in [5.74, 6) is -0.361. The van der Waals surface area contributed by atoms with Crippen LogP contribution in [-0.4, -0.2) is 22.7 Å². The number of nitrogens with two attached hydrogens (primary N) is 1. The van der Waals surface area contributed by atoms with E-state index in [1.54, 1.807) is 6.92 Å². The standard InChI is InChI=1S/C10H17N3O3/c1-3-5-6-7(11)9-12-8(13-16-9)10(14)15-4-2/h7H,3-6,11H2,1-2H3. The number of ether oxygens (including phenoxy) is 1. The van der Waals surface area contributed by atoms with Crippen LogP contribution in [0.25, 0.3) is 0 Å². The molecular formula is C10H17N3O3. The largest absolute Gasteiger partial charge is 0.460 e. The summed E-state index contributed by atoms with van der Waals surface area (Å²) in [6.07, 6.45) is 2.80. The lowest BCUT2D eigenvalue weighted by molar-refractivity contribution is 0.0508. The molecule has 1 unspecified atom stereocenters. The first kappa shape index (κ1) is 12.6. The maximum absolute atomic E-state index is 11.2. The van der Waals surface area contributed by atoms with Crippen LogP contribution < -0.4 is 5.73 Å². The van der Waals surface area contributed by atoms with Gasteiger partial charge in [-0.3, -0.25) is 0 Å². The van der Waals surface area contributed by atoms with Crippen LogP contribution >= 0.6 is 0 Å². The van der Waals surface area contributed by atoms with Gasteiger partial charge in [0, 0.05) is 0 Å². The van der Waals surface area contributed by atoms with Crippen molar-refractivity contribution < 1.29 is 14.1 Å². The Bertz CT molecular complexity index is 338. The van der Waals surface area contributed by atoms with Crippen molar-refractivity contribution in [2.45, 2.75) is 39.2 Å². The highest BCUT2D eigenvalue weighted by Gasteiger charge is 2.19. The lowest BCUT2D eigenvalue weighted by Gasteiger charge is -2.03. The van der Waals surface area contributed by atoms with Gasteiger partial charge in [0.2, 0.25) is 5.89 Å². The van der Waals surface area contributed by atoms with Crippen LogP contribution in [-0.2, 0) is 4.74 Å². The summed E-state index contributed by atoms with van der Waals surface area (Å²) >= 11 is 0. The van der Waals surface area contributed by atoms with Crippen molar-refractivity contribution in [3.8, 4) is 0 Å². The Labute approximate surface area is 94.2 Å². The predicted molar refractivity (Wildman–Crippen MR) is 56.7 cm³/mol. The van der Waals surface area contributed by atoms with E-state index in [0.29, 0.717) is 0 Å². The molecular weight excluding hydrogens is 210 g/mol. The van der Waals surface area contributed by atoms with Gasteiger partial charge in [-0.2, -0.15) is 4.98 Å². The van der Waals surface area contributed by atoms with E-state index < -0.39 is 5.97 Å². The Kier molecular flexibility index (Phi) is 4.91. The molecule has 0 spiro atoms. The van der Waals surface area contributed by atoms with E-state index in [9.17, 15) is 4.79 Å². The molecule has 0 aliphatic heterocycles. The van der Waals surface area contributed by atoms with Crippen LogP contribution in [0, 0.1) is 0 Å². The third kappa shape index (κ3) is 3.30. The first-order valence-corrected chi connectivity index (χ1v) is 5.45. The SMILES string of the molecule is CCCCC(N)c1nc(C(=O)OCC)no1. The van der Waals surface area contributed by atoms with Gasteiger partial charge in [-0.25, -0.2) is 4.79 Å². The van der Waals surface area contributed by atoms with Crippen LogP contribution in [0.15, 0.2) is 4.52 Å². The van der Waals surface area contributed by atoms with E-state index in [-0.39, 0.29) is 24.4 Å². The van der Waals surface area contributed by atoms with E-state index in [2.05, 4.69) is 17.1 Å². The Hall–Kier alpha value is -1.43. The number of hydrogen-bond donors (Lipinski definition) is 1. The van der Waals surface area contributed by atoms with Crippen molar-refractivity contribution in [1.82, 2.24) is 10.1 Å². The molecule has 1 heterocycles. The summed E-state index contributed by atoms with van der Waals surface area (Å²) in [7, 11) is 0. The minimum atomic E-state index is -0.583. The minimum Gasteiger partial charge on any atom is -0.460 e.